The molecule has 5 nitrogen and oxygen atoms in total. The molecule has 2 N–H and O–H groups in total. The maximum atomic E-state index is 12.4. The summed E-state index contributed by atoms with van der Waals surface area (Å²) in [6.45, 7) is 0.477. The van der Waals surface area contributed by atoms with Crippen molar-refractivity contribution in [3.8, 4) is 17.2 Å². The first-order valence-electron chi connectivity index (χ1n) is 8.96. The average molecular weight is 355 g/mol. The van der Waals surface area contributed by atoms with Crippen LogP contribution >= 0.6 is 0 Å². The van der Waals surface area contributed by atoms with Crippen LogP contribution in [0.3, 0.4) is 0 Å². The average Bonchev–Trinajstić information content (AvgIpc) is 2.67. The zero-order valence-corrected chi connectivity index (χ0v) is 15.3. The van der Waals surface area contributed by atoms with Gasteiger partial charge in [-0.25, -0.2) is 0 Å². The molecular formula is C21H25NO4. The van der Waals surface area contributed by atoms with Crippen LogP contribution in [-0.4, -0.2) is 31.8 Å². The molecule has 0 spiro atoms. The number of benzene rings is 2. The molecule has 0 saturated heterocycles. The molecule has 0 aliphatic heterocycles. The van der Waals surface area contributed by atoms with Gasteiger partial charge in [-0.15, -0.1) is 0 Å². The Morgan fingerprint density at radius 2 is 1.73 bits per heavy atom. The number of phenolic OH excluding ortho intramolecular Hbond substituents is 1. The zero-order chi connectivity index (χ0) is 18.5. The summed E-state index contributed by atoms with van der Waals surface area (Å²) in [4.78, 5) is 12.4. The number of ether oxygens (including phenoxy) is 2. The van der Waals surface area contributed by atoms with Crippen molar-refractivity contribution in [2.24, 2.45) is 0 Å². The highest BCUT2D eigenvalue weighted by molar-refractivity contribution is 5.97. The van der Waals surface area contributed by atoms with Crippen LogP contribution in [0.1, 0.15) is 39.9 Å². The number of hydrogen-bond acceptors (Lipinski definition) is 4. The molecule has 0 bridgehead atoms. The van der Waals surface area contributed by atoms with Gasteiger partial charge in [0.1, 0.15) is 5.75 Å². The molecular weight excluding hydrogens is 330 g/mol. The summed E-state index contributed by atoms with van der Waals surface area (Å²) in [6, 6.07) is 9.30. The van der Waals surface area contributed by atoms with E-state index in [0.717, 1.165) is 36.8 Å². The molecule has 0 aromatic heterocycles. The third-order valence-corrected chi connectivity index (χ3v) is 4.85. The third kappa shape index (κ3) is 3.93. The van der Waals surface area contributed by atoms with Crippen molar-refractivity contribution in [2.45, 2.75) is 32.1 Å². The molecule has 1 amide bonds. The minimum absolute atomic E-state index is 0.0641. The summed E-state index contributed by atoms with van der Waals surface area (Å²) in [5, 5.41) is 13.1. The largest absolute Gasteiger partial charge is 0.507 e. The van der Waals surface area contributed by atoms with Crippen molar-refractivity contribution in [3.63, 3.8) is 0 Å². The van der Waals surface area contributed by atoms with Crippen LogP contribution < -0.4 is 14.8 Å². The SMILES string of the molecule is COc1ccc(CCNC(=O)c2cc3c(cc2O)CCCC3)cc1OC. The highest BCUT2D eigenvalue weighted by Crippen LogP contribution is 2.29. The van der Waals surface area contributed by atoms with E-state index in [1.807, 2.05) is 24.3 Å². The first-order valence-corrected chi connectivity index (χ1v) is 8.96. The van der Waals surface area contributed by atoms with Crippen molar-refractivity contribution in [3.05, 3.63) is 52.6 Å². The molecule has 1 aliphatic rings. The Morgan fingerprint density at radius 3 is 2.42 bits per heavy atom. The lowest BCUT2D eigenvalue weighted by Crippen LogP contribution is -2.26. The molecule has 2 aromatic carbocycles. The lowest BCUT2D eigenvalue weighted by molar-refractivity contribution is 0.0951. The highest BCUT2D eigenvalue weighted by Gasteiger charge is 2.17. The predicted molar refractivity (Wildman–Crippen MR) is 100 cm³/mol. The van der Waals surface area contributed by atoms with Crippen LogP contribution in [0.4, 0.5) is 0 Å². The summed E-state index contributed by atoms with van der Waals surface area (Å²) in [5.41, 5.74) is 3.74. The molecule has 0 heterocycles. The maximum absolute atomic E-state index is 12.4. The number of aromatic hydroxyl groups is 1. The summed E-state index contributed by atoms with van der Waals surface area (Å²) in [5.74, 6) is 1.17. The number of fused-ring (bicyclic) bond motifs is 1. The van der Waals surface area contributed by atoms with Crippen LogP contribution in [0, 0.1) is 0 Å². The number of aryl methyl sites for hydroxylation is 2. The molecule has 0 unspecified atom stereocenters. The number of hydrogen-bond donors (Lipinski definition) is 2. The van der Waals surface area contributed by atoms with Gasteiger partial charge in [0.25, 0.3) is 5.91 Å². The van der Waals surface area contributed by atoms with E-state index in [2.05, 4.69) is 5.32 Å². The maximum Gasteiger partial charge on any atom is 0.255 e. The van der Waals surface area contributed by atoms with Crippen molar-refractivity contribution in [2.75, 3.05) is 20.8 Å². The quantitative estimate of drug-likeness (QED) is 0.835. The Morgan fingerprint density at radius 1 is 1.04 bits per heavy atom. The van der Waals surface area contributed by atoms with Crippen LogP contribution in [0.25, 0.3) is 0 Å². The van der Waals surface area contributed by atoms with E-state index in [-0.39, 0.29) is 11.7 Å². The van der Waals surface area contributed by atoms with Crippen LogP contribution in [0.2, 0.25) is 0 Å². The van der Waals surface area contributed by atoms with Crippen LogP contribution in [0.15, 0.2) is 30.3 Å². The summed E-state index contributed by atoms with van der Waals surface area (Å²) >= 11 is 0. The third-order valence-electron chi connectivity index (χ3n) is 4.85. The van der Waals surface area contributed by atoms with Gasteiger partial charge in [0.2, 0.25) is 0 Å². The topological polar surface area (TPSA) is 67.8 Å². The first kappa shape index (κ1) is 18.1. The Hall–Kier alpha value is -2.69. The van der Waals surface area contributed by atoms with Gasteiger partial charge in [-0.2, -0.15) is 0 Å². The number of rotatable bonds is 6. The molecule has 138 valence electrons. The molecule has 5 heteroatoms. The number of amides is 1. The van der Waals surface area contributed by atoms with Gasteiger partial charge < -0.3 is 19.9 Å². The Balaban J connectivity index is 1.63. The summed E-state index contributed by atoms with van der Waals surface area (Å²) in [6.07, 6.45) is 4.89. The van der Waals surface area contributed by atoms with Crippen molar-refractivity contribution in [1.29, 1.82) is 0 Å². The Labute approximate surface area is 153 Å². The van der Waals surface area contributed by atoms with Crippen molar-refractivity contribution < 1.29 is 19.4 Å². The van der Waals surface area contributed by atoms with E-state index < -0.39 is 0 Å². The second-order valence-corrected chi connectivity index (χ2v) is 6.54. The molecule has 0 fully saturated rings. The summed E-state index contributed by atoms with van der Waals surface area (Å²) < 4.78 is 10.5. The lowest BCUT2D eigenvalue weighted by Gasteiger charge is -2.17. The fraction of sp³-hybridized carbons (Fsp3) is 0.381. The zero-order valence-electron chi connectivity index (χ0n) is 15.3. The number of phenols is 1. The lowest BCUT2D eigenvalue weighted by atomic mass is 9.90. The number of carbonyl (C=O) groups excluding carboxylic acids is 1. The van der Waals surface area contributed by atoms with Crippen LogP contribution in [-0.2, 0) is 19.3 Å². The molecule has 2 aromatic rings. The second-order valence-electron chi connectivity index (χ2n) is 6.54. The number of nitrogens with one attached hydrogen (secondary N) is 1. The Bertz CT molecular complexity index is 801. The van der Waals surface area contributed by atoms with Crippen molar-refractivity contribution in [1.82, 2.24) is 5.32 Å². The standard InChI is InChI=1S/C21H25NO4/c1-25-19-8-7-14(11-20(19)26-2)9-10-22-21(24)17-12-15-5-3-4-6-16(15)13-18(17)23/h7-8,11-13,23H,3-6,9-10H2,1-2H3,(H,22,24). The molecule has 1 aliphatic carbocycles. The normalized spacial score (nSPS) is 13.0. The van der Waals surface area contributed by atoms with Gasteiger partial charge in [-0.05, 0) is 73.1 Å². The molecule has 0 radical (unpaired) electrons. The monoisotopic (exact) mass is 355 g/mol. The van der Waals surface area contributed by atoms with E-state index in [1.165, 1.54) is 5.56 Å². The van der Waals surface area contributed by atoms with E-state index in [9.17, 15) is 9.90 Å². The van der Waals surface area contributed by atoms with E-state index >= 15 is 0 Å². The summed E-state index contributed by atoms with van der Waals surface area (Å²) in [7, 11) is 3.20. The van der Waals surface area contributed by atoms with Gasteiger partial charge in [0.15, 0.2) is 11.5 Å². The predicted octanol–water partition coefficient (Wildman–Crippen LogP) is 3.26. The van der Waals surface area contributed by atoms with E-state index in [1.54, 1.807) is 20.3 Å². The fourth-order valence-corrected chi connectivity index (χ4v) is 3.41. The van der Waals surface area contributed by atoms with Crippen molar-refractivity contribution >= 4 is 5.91 Å². The molecule has 0 saturated carbocycles. The molecule has 3 rings (SSSR count). The van der Waals surface area contributed by atoms with Gasteiger partial charge >= 0.3 is 0 Å². The molecule has 0 atom stereocenters. The minimum Gasteiger partial charge on any atom is -0.507 e. The van der Waals surface area contributed by atoms with Gasteiger partial charge in [-0.3, -0.25) is 4.79 Å². The fourth-order valence-electron chi connectivity index (χ4n) is 3.41. The van der Waals surface area contributed by atoms with E-state index in [4.69, 9.17) is 9.47 Å². The smallest absolute Gasteiger partial charge is 0.255 e. The molecule has 26 heavy (non-hydrogen) atoms. The van der Waals surface area contributed by atoms with Gasteiger partial charge in [-0.1, -0.05) is 6.07 Å². The minimum atomic E-state index is -0.239. The van der Waals surface area contributed by atoms with Gasteiger partial charge in [0.05, 0.1) is 19.8 Å². The number of methoxy groups -OCH3 is 2. The van der Waals surface area contributed by atoms with Gasteiger partial charge in [0, 0.05) is 6.54 Å². The van der Waals surface area contributed by atoms with Crippen LogP contribution in [0.5, 0.6) is 17.2 Å². The highest BCUT2D eigenvalue weighted by atomic mass is 16.5. The Kier molecular flexibility index (Phi) is 5.66. The second kappa shape index (κ2) is 8.13. The number of carbonyl (C=O) groups is 1. The van der Waals surface area contributed by atoms with E-state index in [0.29, 0.717) is 30.0 Å². The first-order chi connectivity index (χ1) is 12.6.